The number of rotatable bonds is 8. The molecule has 1 heterocycles. The average Bonchev–Trinajstić information content (AvgIpc) is 2.69. The summed E-state index contributed by atoms with van der Waals surface area (Å²) in [7, 11) is -2.00. The first-order valence-electron chi connectivity index (χ1n) is 5.80. The van der Waals surface area contributed by atoms with Crippen molar-refractivity contribution in [2.45, 2.75) is 25.3 Å². The number of sulfonamides is 1. The minimum Gasteiger partial charge on any atom is -0.464 e. The lowest BCUT2D eigenvalue weighted by molar-refractivity contribution is 0.204. The molecule has 0 aliphatic rings. The van der Waals surface area contributed by atoms with Gasteiger partial charge in [0.1, 0.15) is 16.4 Å². The quantitative estimate of drug-likeness (QED) is 0.680. The Morgan fingerprint density at radius 1 is 1.44 bits per heavy atom. The smallest absolute Gasteiger partial charge is 0.244 e. The molecule has 0 radical (unpaired) electrons. The highest BCUT2D eigenvalue weighted by molar-refractivity contribution is 7.89. The molecule has 0 bridgehead atoms. The molecule has 0 fully saturated rings. The first-order chi connectivity index (χ1) is 8.51. The summed E-state index contributed by atoms with van der Waals surface area (Å²) < 4.78 is 36.6. The Labute approximate surface area is 108 Å². The van der Waals surface area contributed by atoms with Crippen LogP contribution in [0.2, 0.25) is 0 Å². The van der Waals surface area contributed by atoms with Gasteiger partial charge in [0.05, 0.1) is 13.2 Å². The second kappa shape index (κ2) is 6.89. The Morgan fingerprint density at radius 3 is 2.78 bits per heavy atom. The molecular formula is C11H20N2O4S. The summed E-state index contributed by atoms with van der Waals surface area (Å²) >= 11 is 0. The number of nitrogens with one attached hydrogen (secondary N) is 2. The van der Waals surface area contributed by atoms with Crippen molar-refractivity contribution >= 4 is 10.0 Å². The van der Waals surface area contributed by atoms with E-state index in [2.05, 4.69) is 10.0 Å². The molecule has 1 rings (SSSR count). The predicted molar refractivity (Wildman–Crippen MR) is 67.9 cm³/mol. The van der Waals surface area contributed by atoms with E-state index in [0.29, 0.717) is 24.7 Å². The molecule has 2 N–H and O–H groups in total. The molecule has 0 spiro atoms. The largest absolute Gasteiger partial charge is 0.464 e. The zero-order valence-electron chi connectivity index (χ0n) is 10.9. The summed E-state index contributed by atoms with van der Waals surface area (Å²) in [5, 5.41) is 3.08. The zero-order chi connectivity index (χ0) is 13.6. The van der Waals surface area contributed by atoms with Crippen molar-refractivity contribution in [3.05, 3.63) is 17.6 Å². The van der Waals surface area contributed by atoms with E-state index < -0.39 is 10.0 Å². The maximum absolute atomic E-state index is 12.0. The summed E-state index contributed by atoms with van der Waals surface area (Å²) in [5.74, 6) is 1.01. The lowest BCUT2D eigenvalue weighted by atomic mass is 10.4. The van der Waals surface area contributed by atoms with Gasteiger partial charge in [-0.25, -0.2) is 13.1 Å². The van der Waals surface area contributed by atoms with Crippen LogP contribution in [0.3, 0.4) is 0 Å². The van der Waals surface area contributed by atoms with E-state index in [-0.39, 0.29) is 11.4 Å². The molecule has 0 unspecified atom stereocenters. The van der Waals surface area contributed by atoms with E-state index in [4.69, 9.17) is 9.15 Å². The third-order valence-electron chi connectivity index (χ3n) is 2.36. The molecule has 0 atom stereocenters. The molecule has 104 valence electrons. The van der Waals surface area contributed by atoms with Crippen molar-refractivity contribution in [3.8, 4) is 0 Å². The maximum atomic E-state index is 12.0. The molecule has 18 heavy (non-hydrogen) atoms. The molecule has 0 amide bonds. The van der Waals surface area contributed by atoms with Gasteiger partial charge < -0.3 is 14.5 Å². The van der Waals surface area contributed by atoms with Gasteiger partial charge in [-0.3, -0.25) is 0 Å². The number of ether oxygens (including phenoxy) is 1. The first-order valence-corrected chi connectivity index (χ1v) is 7.28. The summed E-state index contributed by atoms with van der Waals surface area (Å²) in [6.45, 7) is 5.51. The monoisotopic (exact) mass is 276 g/mol. The van der Waals surface area contributed by atoms with E-state index in [0.717, 1.165) is 6.54 Å². The molecule has 1 aromatic heterocycles. The number of hydrogen-bond acceptors (Lipinski definition) is 5. The van der Waals surface area contributed by atoms with E-state index in [1.165, 1.54) is 7.11 Å². The van der Waals surface area contributed by atoms with E-state index in [9.17, 15) is 8.42 Å². The Morgan fingerprint density at radius 2 is 2.17 bits per heavy atom. The minimum absolute atomic E-state index is 0.187. The Kier molecular flexibility index (Phi) is 5.80. The lowest BCUT2D eigenvalue weighted by Crippen LogP contribution is -2.27. The van der Waals surface area contributed by atoms with Crippen molar-refractivity contribution in [2.24, 2.45) is 0 Å². The van der Waals surface area contributed by atoms with Gasteiger partial charge in [-0.05, 0) is 13.5 Å². The van der Waals surface area contributed by atoms with E-state index >= 15 is 0 Å². The molecule has 7 heteroatoms. The van der Waals surface area contributed by atoms with Gasteiger partial charge in [-0.15, -0.1) is 0 Å². The van der Waals surface area contributed by atoms with Gasteiger partial charge >= 0.3 is 0 Å². The fourth-order valence-corrected chi connectivity index (χ4v) is 2.70. The first kappa shape index (κ1) is 15.2. The van der Waals surface area contributed by atoms with Crippen LogP contribution in [0, 0.1) is 6.92 Å². The van der Waals surface area contributed by atoms with Crippen LogP contribution in [0.15, 0.2) is 15.4 Å². The molecule has 1 aromatic rings. The Hall–Kier alpha value is -0.890. The summed E-state index contributed by atoms with van der Waals surface area (Å²) in [5.41, 5.74) is 0. The van der Waals surface area contributed by atoms with Crippen molar-refractivity contribution in [1.82, 2.24) is 10.0 Å². The van der Waals surface area contributed by atoms with Crippen LogP contribution in [-0.4, -0.2) is 35.2 Å². The van der Waals surface area contributed by atoms with Crippen LogP contribution < -0.4 is 10.0 Å². The summed E-state index contributed by atoms with van der Waals surface area (Å²) in [6, 6.07) is 1.55. The highest BCUT2D eigenvalue weighted by atomic mass is 32.2. The highest BCUT2D eigenvalue weighted by Crippen LogP contribution is 2.19. The van der Waals surface area contributed by atoms with Crippen molar-refractivity contribution in [1.29, 1.82) is 0 Å². The van der Waals surface area contributed by atoms with Crippen molar-refractivity contribution in [3.63, 3.8) is 0 Å². The fourth-order valence-electron chi connectivity index (χ4n) is 1.48. The zero-order valence-corrected chi connectivity index (χ0v) is 11.8. The third-order valence-corrected chi connectivity index (χ3v) is 3.93. The molecule has 6 nitrogen and oxygen atoms in total. The Balaban J connectivity index is 2.78. The van der Waals surface area contributed by atoms with Crippen LogP contribution >= 0.6 is 0 Å². The fraction of sp³-hybridized carbons (Fsp3) is 0.636. The molecular weight excluding hydrogens is 256 g/mol. The molecule has 0 aliphatic carbocycles. The predicted octanol–water partition coefficient (Wildman–Crippen LogP) is 0.622. The number of methoxy groups -OCH3 is 1. The number of aryl methyl sites for hydroxylation is 1. The van der Waals surface area contributed by atoms with Gasteiger partial charge in [-0.1, -0.05) is 6.92 Å². The molecule has 0 saturated carbocycles. The van der Waals surface area contributed by atoms with Gasteiger partial charge in [-0.2, -0.15) is 0 Å². The third kappa shape index (κ3) is 4.09. The average molecular weight is 276 g/mol. The van der Waals surface area contributed by atoms with Crippen LogP contribution in [0.5, 0.6) is 0 Å². The normalized spacial score (nSPS) is 11.9. The summed E-state index contributed by atoms with van der Waals surface area (Å²) in [4.78, 5) is 0.187. The van der Waals surface area contributed by atoms with E-state index in [1.54, 1.807) is 13.0 Å². The summed E-state index contributed by atoms with van der Waals surface area (Å²) in [6.07, 6.45) is 0. The molecule has 0 aromatic carbocycles. The van der Waals surface area contributed by atoms with Gasteiger partial charge in [0, 0.05) is 19.7 Å². The Bertz CT molecular complexity index is 467. The number of hydrogen-bond donors (Lipinski definition) is 2. The van der Waals surface area contributed by atoms with E-state index in [1.807, 2.05) is 6.92 Å². The van der Waals surface area contributed by atoms with Crippen molar-refractivity contribution < 1.29 is 17.6 Å². The highest BCUT2D eigenvalue weighted by Gasteiger charge is 2.20. The topological polar surface area (TPSA) is 80.6 Å². The van der Waals surface area contributed by atoms with Gasteiger partial charge in [0.2, 0.25) is 10.0 Å². The lowest BCUT2D eigenvalue weighted by Gasteiger charge is -2.04. The SMILES string of the molecule is CCNCc1cc(S(=O)(=O)NCCOC)c(C)o1. The van der Waals surface area contributed by atoms with Crippen molar-refractivity contribution in [2.75, 3.05) is 26.8 Å². The second-order valence-corrected chi connectivity index (χ2v) is 5.54. The van der Waals surface area contributed by atoms with Gasteiger partial charge in [0.25, 0.3) is 0 Å². The van der Waals surface area contributed by atoms with Crippen LogP contribution in [0.1, 0.15) is 18.4 Å². The van der Waals surface area contributed by atoms with Crippen LogP contribution in [-0.2, 0) is 21.3 Å². The second-order valence-electron chi connectivity index (χ2n) is 3.80. The van der Waals surface area contributed by atoms with Gasteiger partial charge in [0.15, 0.2) is 0 Å². The standard InChI is InChI=1S/C11H20N2O4S/c1-4-12-8-10-7-11(9(2)17-10)18(14,15)13-5-6-16-3/h7,12-13H,4-6,8H2,1-3H3. The molecule has 0 saturated heterocycles. The van der Waals surface area contributed by atoms with Crippen LogP contribution in [0.4, 0.5) is 0 Å². The molecule has 0 aliphatic heterocycles. The minimum atomic E-state index is -3.52. The number of furan rings is 1. The van der Waals surface area contributed by atoms with Crippen LogP contribution in [0.25, 0.3) is 0 Å². The maximum Gasteiger partial charge on any atom is 0.244 e.